The Morgan fingerprint density at radius 1 is 0.750 bits per heavy atom. The Hall–Kier alpha value is -8.58. The second kappa shape index (κ2) is 22.5. The molecule has 2 aliphatic heterocycles. The van der Waals surface area contributed by atoms with Crippen molar-refractivity contribution in [2.75, 3.05) is 11.1 Å². The lowest BCUT2D eigenvalue weighted by Gasteiger charge is -2.49. The van der Waals surface area contributed by atoms with Gasteiger partial charge in [0, 0.05) is 11.1 Å². The van der Waals surface area contributed by atoms with E-state index in [9.17, 15) is 24.4 Å². The SMILES string of the molecule is CC(C)(C)OC(=O)C(C)(C)ON=C(C(=O)NC1C(=O)N2C(C(=O)OC(c3ccccc3)c3ccccc3)=C(C=Cc3ccc(C#N)cc3)CS[C@H]12)c1csc(NC(c2ccccc2)(c2ccccc2)c2ccccc2)n1. The Morgan fingerprint density at radius 3 is 1.79 bits per heavy atom. The van der Waals surface area contributed by atoms with Gasteiger partial charge in [0.25, 0.3) is 11.8 Å². The van der Waals surface area contributed by atoms with Crippen molar-refractivity contribution < 1.29 is 33.5 Å². The predicted molar refractivity (Wildman–Crippen MR) is 296 cm³/mol. The van der Waals surface area contributed by atoms with Crippen molar-refractivity contribution in [2.24, 2.45) is 5.16 Å². The average molecular weight is 1050 g/mol. The fraction of sp³-hybridized carbons (Fsp3) is 0.197. The molecule has 1 fully saturated rings. The molecule has 0 bridgehead atoms. The number of benzene rings is 6. The number of thioether (sulfide) groups is 1. The van der Waals surface area contributed by atoms with Crippen molar-refractivity contribution in [1.29, 1.82) is 5.26 Å². The fourth-order valence-electron chi connectivity index (χ4n) is 8.77. The third-order valence-electron chi connectivity index (χ3n) is 12.6. The highest BCUT2D eigenvalue weighted by Gasteiger charge is 2.55. The van der Waals surface area contributed by atoms with Crippen LogP contribution in [0.2, 0.25) is 0 Å². The van der Waals surface area contributed by atoms with Gasteiger partial charge in [0.1, 0.15) is 33.9 Å². The number of amides is 2. The van der Waals surface area contributed by atoms with Gasteiger partial charge in [-0.2, -0.15) is 5.26 Å². The van der Waals surface area contributed by atoms with E-state index in [4.69, 9.17) is 19.3 Å². The zero-order chi connectivity index (χ0) is 53.5. The maximum Gasteiger partial charge on any atom is 0.356 e. The molecule has 2 atom stereocenters. The number of esters is 2. The smallest absolute Gasteiger partial charge is 0.356 e. The molecule has 0 aliphatic carbocycles. The number of allylic oxidation sites excluding steroid dienone is 1. The Labute approximate surface area is 449 Å². The lowest BCUT2D eigenvalue weighted by molar-refractivity contribution is -0.179. The molecule has 6 aromatic carbocycles. The van der Waals surface area contributed by atoms with Gasteiger partial charge in [-0.15, -0.1) is 23.1 Å². The normalized spacial score (nSPS) is 15.8. The quantitative estimate of drug-likeness (QED) is 0.0292. The van der Waals surface area contributed by atoms with Gasteiger partial charge in [-0.05, 0) is 85.7 Å². The number of anilines is 1. The van der Waals surface area contributed by atoms with Gasteiger partial charge in [0.05, 0.1) is 11.6 Å². The first kappa shape index (κ1) is 52.3. The number of ether oxygens (including phenoxy) is 2. The Bertz CT molecular complexity index is 3220. The van der Waals surface area contributed by atoms with E-state index in [1.165, 1.54) is 41.8 Å². The van der Waals surface area contributed by atoms with E-state index in [1.54, 1.807) is 56.5 Å². The van der Waals surface area contributed by atoms with Gasteiger partial charge in [-0.1, -0.05) is 181 Å². The zero-order valence-electron chi connectivity index (χ0n) is 42.4. The highest BCUT2D eigenvalue weighted by atomic mass is 32.2. The molecule has 9 rings (SSSR count). The molecule has 1 unspecified atom stereocenters. The van der Waals surface area contributed by atoms with Crippen LogP contribution in [0.3, 0.4) is 0 Å². The molecule has 2 amide bonds. The standard InChI is InChI=1S/C61H54N6O7S2/c1-59(2,3)73-57(71)60(4,5)74-66-49(48-39-76-58(63-48)65-61(45-25-15-8-16-26-45,46-27-17-9-18-28-46)47-29-19-10-20-30-47)53(68)64-50-54(69)67-51(44(38-75-55(50)67)36-35-40-31-33-41(37-62)34-32-40)56(70)72-52(42-21-11-6-12-22-42)43-23-13-7-14-24-43/h6-36,39,50,52,55H,38H2,1-5H3,(H,63,65)(H,64,68)/t50?,55-/m1/s1. The average Bonchev–Trinajstić information content (AvgIpc) is 3.96. The summed E-state index contributed by atoms with van der Waals surface area (Å²) < 4.78 is 12.0. The van der Waals surface area contributed by atoms with Crippen molar-refractivity contribution in [3.05, 3.63) is 243 Å². The number of fused-ring (bicyclic) bond motifs is 1. The third kappa shape index (κ3) is 11.4. The summed E-state index contributed by atoms with van der Waals surface area (Å²) in [6.07, 6.45) is 2.76. The number of rotatable bonds is 17. The number of nitriles is 1. The van der Waals surface area contributed by atoms with E-state index in [1.807, 2.05) is 158 Å². The minimum atomic E-state index is -1.67. The first-order chi connectivity index (χ1) is 36.6. The summed E-state index contributed by atoms with van der Waals surface area (Å²) >= 11 is 2.60. The number of nitrogens with zero attached hydrogens (tertiary/aromatic N) is 4. The predicted octanol–water partition coefficient (Wildman–Crippen LogP) is 11.0. The minimum Gasteiger partial charge on any atom is -0.457 e. The number of β-lactam (4-membered cyclic amide) rings is 1. The number of oxime groups is 1. The molecule has 1 saturated heterocycles. The minimum absolute atomic E-state index is 0.0336. The summed E-state index contributed by atoms with van der Waals surface area (Å²) in [6.45, 7) is 8.16. The molecule has 2 N–H and O–H groups in total. The Balaban J connectivity index is 1.05. The number of nitrogens with one attached hydrogen (secondary N) is 2. The Morgan fingerprint density at radius 2 is 1.28 bits per heavy atom. The van der Waals surface area contributed by atoms with Crippen molar-refractivity contribution in [1.82, 2.24) is 15.2 Å². The van der Waals surface area contributed by atoms with Crippen molar-refractivity contribution >= 4 is 63.8 Å². The van der Waals surface area contributed by atoms with Crippen molar-refractivity contribution in [2.45, 2.75) is 68.9 Å². The molecule has 7 aromatic rings. The molecular weight excluding hydrogens is 993 g/mol. The van der Waals surface area contributed by atoms with Crippen LogP contribution in [0.1, 0.15) is 85.4 Å². The summed E-state index contributed by atoms with van der Waals surface area (Å²) in [4.78, 5) is 70.0. The van der Waals surface area contributed by atoms with E-state index < -0.39 is 58.0 Å². The van der Waals surface area contributed by atoms with Crippen molar-refractivity contribution in [3.63, 3.8) is 0 Å². The molecule has 0 saturated carbocycles. The number of hydrogen-bond donors (Lipinski definition) is 2. The Kier molecular flexibility index (Phi) is 15.5. The van der Waals surface area contributed by atoms with E-state index in [2.05, 4.69) is 21.9 Å². The maximum absolute atomic E-state index is 14.9. The first-order valence-corrected chi connectivity index (χ1v) is 26.5. The van der Waals surface area contributed by atoms with Gasteiger partial charge in [0.2, 0.25) is 5.60 Å². The van der Waals surface area contributed by atoms with Gasteiger partial charge in [-0.3, -0.25) is 14.5 Å². The largest absolute Gasteiger partial charge is 0.457 e. The van der Waals surface area contributed by atoms with Crippen LogP contribution in [-0.2, 0) is 39.0 Å². The summed E-state index contributed by atoms with van der Waals surface area (Å²) in [5.41, 5.74) is 2.38. The lowest BCUT2D eigenvalue weighted by atomic mass is 9.77. The van der Waals surface area contributed by atoms with Crippen LogP contribution < -0.4 is 10.6 Å². The molecule has 15 heteroatoms. The van der Waals surface area contributed by atoms with Gasteiger partial charge < -0.3 is 24.9 Å². The zero-order valence-corrected chi connectivity index (χ0v) is 44.0. The molecule has 1 aromatic heterocycles. The molecule has 0 spiro atoms. The highest BCUT2D eigenvalue weighted by Crippen LogP contribution is 2.43. The van der Waals surface area contributed by atoms with Gasteiger partial charge in [0.15, 0.2) is 16.9 Å². The summed E-state index contributed by atoms with van der Waals surface area (Å²) in [7, 11) is 0. The third-order valence-corrected chi connectivity index (χ3v) is 14.6. The van der Waals surface area contributed by atoms with E-state index in [-0.39, 0.29) is 22.9 Å². The fourth-order valence-corrected chi connectivity index (χ4v) is 10.8. The number of thiazole rings is 1. The number of hydrogen-bond acceptors (Lipinski definition) is 13. The van der Waals surface area contributed by atoms with Crippen LogP contribution in [0.25, 0.3) is 6.08 Å². The van der Waals surface area contributed by atoms with Crippen LogP contribution >= 0.6 is 23.1 Å². The van der Waals surface area contributed by atoms with E-state index in [0.29, 0.717) is 16.3 Å². The first-order valence-electron chi connectivity index (χ1n) is 24.5. The maximum atomic E-state index is 14.9. The molecule has 382 valence electrons. The molecule has 76 heavy (non-hydrogen) atoms. The number of carbonyl (C=O) groups excluding carboxylic acids is 4. The van der Waals surface area contributed by atoms with Crippen LogP contribution in [0.5, 0.6) is 0 Å². The molecule has 3 heterocycles. The monoisotopic (exact) mass is 1050 g/mol. The van der Waals surface area contributed by atoms with Crippen LogP contribution in [-0.4, -0.2) is 67.7 Å². The topological polar surface area (TPSA) is 172 Å². The van der Waals surface area contributed by atoms with Gasteiger partial charge in [-0.25, -0.2) is 14.6 Å². The van der Waals surface area contributed by atoms with Crippen LogP contribution in [0.15, 0.2) is 204 Å². The second-order valence-electron chi connectivity index (χ2n) is 19.5. The summed E-state index contributed by atoms with van der Waals surface area (Å²) in [5.74, 6) is -2.57. The van der Waals surface area contributed by atoms with Crippen LogP contribution in [0.4, 0.5) is 5.13 Å². The van der Waals surface area contributed by atoms with E-state index in [0.717, 1.165) is 33.4 Å². The van der Waals surface area contributed by atoms with Crippen molar-refractivity contribution in [3.8, 4) is 6.07 Å². The molecule has 0 radical (unpaired) electrons. The summed E-state index contributed by atoms with van der Waals surface area (Å²) in [5, 5.41) is 21.7. The number of aromatic nitrogens is 1. The lowest BCUT2D eigenvalue weighted by Crippen LogP contribution is -2.71. The summed E-state index contributed by atoms with van der Waals surface area (Å²) in [6, 6.07) is 56.6. The van der Waals surface area contributed by atoms with E-state index >= 15 is 0 Å². The van der Waals surface area contributed by atoms with Crippen LogP contribution in [0, 0.1) is 11.3 Å². The van der Waals surface area contributed by atoms with Gasteiger partial charge >= 0.3 is 11.9 Å². The second-order valence-corrected chi connectivity index (χ2v) is 21.4. The number of carbonyl (C=O) groups is 4. The molecule has 13 nitrogen and oxygen atoms in total. The molecular formula is C61H54N6O7S2. The molecule has 2 aliphatic rings. The highest BCUT2D eigenvalue weighted by molar-refractivity contribution is 8.00.